The minimum atomic E-state index is 0.421. The van der Waals surface area contributed by atoms with Crippen molar-refractivity contribution in [1.82, 2.24) is 0 Å². The molecule has 1 fully saturated rings. The van der Waals surface area contributed by atoms with Gasteiger partial charge in [0.2, 0.25) is 0 Å². The molecule has 19 heavy (non-hydrogen) atoms. The first-order valence-corrected chi connectivity index (χ1v) is 8.04. The van der Waals surface area contributed by atoms with E-state index in [1.807, 2.05) is 0 Å². The average molecular weight is 277 g/mol. The van der Waals surface area contributed by atoms with Crippen molar-refractivity contribution in [3.63, 3.8) is 0 Å². The van der Waals surface area contributed by atoms with Crippen LogP contribution < -0.4 is 5.73 Å². The Morgan fingerprint density at radius 2 is 2.21 bits per heavy atom. The Bertz CT molecular complexity index is 443. The van der Waals surface area contributed by atoms with E-state index >= 15 is 0 Å². The van der Waals surface area contributed by atoms with E-state index < -0.39 is 0 Å². The van der Waals surface area contributed by atoms with Crippen molar-refractivity contribution in [3.8, 4) is 11.8 Å². The van der Waals surface area contributed by atoms with E-state index in [-0.39, 0.29) is 0 Å². The summed E-state index contributed by atoms with van der Waals surface area (Å²) in [6.45, 7) is 3.43. The minimum Gasteiger partial charge on any atom is -0.372 e. The summed E-state index contributed by atoms with van der Waals surface area (Å²) >= 11 is 1.72. The van der Waals surface area contributed by atoms with Crippen LogP contribution in [0.3, 0.4) is 0 Å². The number of ether oxygens (including phenoxy) is 1. The molecule has 3 heteroatoms. The smallest absolute Gasteiger partial charge is 0.0813 e. The fourth-order valence-corrected chi connectivity index (χ4v) is 3.51. The Hall–Kier alpha value is -0.820. The largest absolute Gasteiger partial charge is 0.372 e. The standard InChI is InChI=1S/C16H23NOS/c1-2-13-6-3-4-8-16(13)18-12-15-10-9-14(19-15)7-5-11-17/h9-10,13,16H,2-4,6,8,11-12,17H2,1H3. The molecule has 2 atom stereocenters. The number of hydrogen-bond acceptors (Lipinski definition) is 3. The maximum atomic E-state index is 6.13. The Balaban J connectivity index is 1.85. The molecule has 0 spiro atoms. The van der Waals surface area contributed by atoms with E-state index in [0.717, 1.165) is 17.4 Å². The topological polar surface area (TPSA) is 35.2 Å². The molecule has 0 radical (unpaired) electrons. The van der Waals surface area contributed by atoms with Crippen LogP contribution in [-0.2, 0) is 11.3 Å². The lowest BCUT2D eigenvalue weighted by Crippen LogP contribution is -2.26. The van der Waals surface area contributed by atoms with Crippen LogP contribution >= 0.6 is 11.3 Å². The Kier molecular flexibility index (Phi) is 5.91. The maximum Gasteiger partial charge on any atom is 0.0813 e. The van der Waals surface area contributed by atoms with Crippen LogP contribution in [0.2, 0.25) is 0 Å². The van der Waals surface area contributed by atoms with Gasteiger partial charge in [0, 0.05) is 4.88 Å². The molecule has 1 aliphatic rings. The van der Waals surface area contributed by atoms with Crippen LogP contribution in [0.1, 0.15) is 48.8 Å². The normalized spacial score (nSPS) is 22.8. The van der Waals surface area contributed by atoms with E-state index in [1.165, 1.54) is 37.0 Å². The molecule has 2 N–H and O–H groups in total. The van der Waals surface area contributed by atoms with E-state index in [0.29, 0.717) is 12.6 Å². The lowest BCUT2D eigenvalue weighted by atomic mass is 9.85. The number of thiophene rings is 1. The Morgan fingerprint density at radius 1 is 1.37 bits per heavy atom. The molecule has 0 aromatic carbocycles. The predicted octanol–water partition coefficient (Wildman–Crippen LogP) is 3.54. The van der Waals surface area contributed by atoms with Gasteiger partial charge in [-0.25, -0.2) is 0 Å². The first kappa shape index (κ1) is 14.6. The molecular weight excluding hydrogens is 254 g/mol. The summed E-state index contributed by atoms with van der Waals surface area (Å²) in [4.78, 5) is 2.35. The summed E-state index contributed by atoms with van der Waals surface area (Å²) in [7, 11) is 0. The van der Waals surface area contributed by atoms with E-state index in [2.05, 4.69) is 30.9 Å². The van der Waals surface area contributed by atoms with Gasteiger partial charge in [0.05, 0.1) is 24.1 Å². The highest BCUT2D eigenvalue weighted by Gasteiger charge is 2.24. The maximum absolute atomic E-state index is 6.13. The molecule has 0 aliphatic heterocycles. The van der Waals surface area contributed by atoms with E-state index in [9.17, 15) is 0 Å². The van der Waals surface area contributed by atoms with Crippen LogP contribution in [-0.4, -0.2) is 12.6 Å². The van der Waals surface area contributed by atoms with Crippen molar-refractivity contribution in [2.75, 3.05) is 6.54 Å². The van der Waals surface area contributed by atoms with Gasteiger partial charge < -0.3 is 10.5 Å². The van der Waals surface area contributed by atoms with Crippen LogP contribution in [0.25, 0.3) is 0 Å². The molecular formula is C16H23NOS. The zero-order valence-electron chi connectivity index (χ0n) is 11.7. The van der Waals surface area contributed by atoms with Crippen LogP contribution in [0.5, 0.6) is 0 Å². The van der Waals surface area contributed by atoms with Crippen molar-refractivity contribution in [2.45, 2.75) is 51.7 Å². The molecule has 1 aromatic rings. The molecule has 2 rings (SSSR count). The molecule has 1 saturated carbocycles. The van der Waals surface area contributed by atoms with Gasteiger partial charge in [-0.3, -0.25) is 0 Å². The molecule has 104 valence electrons. The summed E-state index contributed by atoms with van der Waals surface area (Å²) < 4.78 is 6.13. The van der Waals surface area contributed by atoms with Crippen molar-refractivity contribution >= 4 is 11.3 Å². The predicted molar refractivity (Wildman–Crippen MR) is 81.1 cm³/mol. The van der Waals surface area contributed by atoms with E-state index in [1.54, 1.807) is 11.3 Å². The molecule has 1 aromatic heterocycles. The third-order valence-corrected chi connectivity index (χ3v) is 4.75. The van der Waals surface area contributed by atoms with Gasteiger partial charge in [0.1, 0.15) is 0 Å². The van der Waals surface area contributed by atoms with Gasteiger partial charge in [0.15, 0.2) is 0 Å². The van der Waals surface area contributed by atoms with Crippen LogP contribution in [0.15, 0.2) is 12.1 Å². The highest BCUT2D eigenvalue weighted by atomic mass is 32.1. The summed E-state index contributed by atoms with van der Waals surface area (Å²) in [5.41, 5.74) is 5.38. The molecule has 0 saturated heterocycles. The molecule has 2 unspecified atom stereocenters. The lowest BCUT2D eigenvalue weighted by molar-refractivity contribution is -0.0211. The average Bonchev–Trinajstić information content (AvgIpc) is 2.91. The zero-order chi connectivity index (χ0) is 13.5. The Labute approximate surface area is 120 Å². The van der Waals surface area contributed by atoms with Gasteiger partial charge >= 0.3 is 0 Å². The van der Waals surface area contributed by atoms with Crippen molar-refractivity contribution in [1.29, 1.82) is 0 Å². The lowest BCUT2D eigenvalue weighted by Gasteiger charge is -2.30. The van der Waals surface area contributed by atoms with Gasteiger partial charge in [-0.1, -0.05) is 38.0 Å². The summed E-state index contributed by atoms with van der Waals surface area (Å²) in [6, 6.07) is 4.18. The quantitative estimate of drug-likeness (QED) is 0.854. The summed E-state index contributed by atoms with van der Waals surface area (Å²) in [5, 5.41) is 0. The highest BCUT2D eigenvalue weighted by Crippen LogP contribution is 2.30. The number of rotatable bonds is 4. The van der Waals surface area contributed by atoms with Gasteiger partial charge in [-0.05, 0) is 30.9 Å². The molecule has 0 bridgehead atoms. The third-order valence-electron chi connectivity index (χ3n) is 3.78. The third kappa shape index (κ3) is 4.35. The zero-order valence-corrected chi connectivity index (χ0v) is 12.5. The van der Waals surface area contributed by atoms with Crippen LogP contribution in [0.4, 0.5) is 0 Å². The summed E-state index contributed by atoms with van der Waals surface area (Å²) in [6.07, 6.45) is 6.94. The molecule has 0 amide bonds. The molecule has 1 heterocycles. The second kappa shape index (κ2) is 7.69. The Morgan fingerprint density at radius 3 is 3.00 bits per heavy atom. The van der Waals surface area contributed by atoms with Crippen LogP contribution in [0, 0.1) is 17.8 Å². The molecule has 2 nitrogen and oxygen atoms in total. The fourth-order valence-electron chi connectivity index (χ4n) is 2.71. The first-order chi connectivity index (χ1) is 9.33. The number of nitrogens with two attached hydrogens (primary N) is 1. The van der Waals surface area contributed by atoms with Gasteiger partial charge in [0.25, 0.3) is 0 Å². The monoisotopic (exact) mass is 277 g/mol. The highest BCUT2D eigenvalue weighted by molar-refractivity contribution is 7.12. The molecule has 1 aliphatic carbocycles. The van der Waals surface area contributed by atoms with Crippen molar-refractivity contribution in [3.05, 3.63) is 21.9 Å². The SMILES string of the molecule is CCC1CCCCC1OCc1ccc(C#CCN)s1. The summed E-state index contributed by atoms with van der Waals surface area (Å²) in [5.74, 6) is 6.71. The van der Waals surface area contributed by atoms with Gasteiger partial charge in [-0.15, -0.1) is 11.3 Å². The second-order valence-electron chi connectivity index (χ2n) is 5.07. The minimum absolute atomic E-state index is 0.421. The van der Waals surface area contributed by atoms with Crippen molar-refractivity contribution in [2.24, 2.45) is 11.7 Å². The van der Waals surface area contributed by atoms with Gasteiger partial charge in [-0.2, -0.15) is 0 Å². The first-order valence-electron chi connectivity index (χ1n) is 7.22. The van der Waals surface area contributed by atoms with E-state index in [4.69, 9.17) is 10.5 Å². The fraction of sp³-hybridized carbons (Fsp3) is 0.625. The van der Waals surface area contributed by atoms with Crippen molar-refractivity contribution < 1.29 is 4.74 Å². The second-order valence-corrected chi connectivity index (χ2v) is 6.24. The number of hydrogen-bond donors (Lipinski definition) is 1.